The summed E-state index contributed by atoms with van der Waals surface area (Å²) in [6, 6.07) is 9.05. The molecule has 2 saturated heterocycles. The maximum Gasteiger partial charge on any atom is 0.115 e. The molecule has 2 aromatic rings. The molecule has 0 saturated carbocycles. The molecule has 0 N–H and O–H groups in total. The summed E-state index contributed by atoms with van der Waals surface area (Å²) in [6.07, 6.45) is 8.90. The number of likely N-dealkylation sites (tertiary alicyclic amines) is 1. The van der Waals surface area contributed by atoms with Crippen LogP contribution in [0, 0.1) is 5.41 Å². The van der Waals surface area contributed by atoms with Gasteiger partial charge in [-0.3, -0.25) is 4.90 Å². The van der Waals surface area contributed by atoms with E-state index >= 15 is 0 Å². The van der Waals surface area contributed by atoms with Crippen molar-refractivity contribution in [3.63, 3.8) is 0 Å². The Hall–Kier alpha value is -1.78. The molecule has 0 radical (unpaired) electrons. The zero-order valence-electron chi connectivity index (χ0n) is 14.3. The molecule has 1 spiro atoms. The fourth-order valence-corrected chi connectivity index (χ4v) is 4.10. The van der Waals surface area contributed by atoms with Gasteiger partial charge in [-0.2, -0.15) is 0 Å². The highest BCUT2D eigenvalue weighted by Gasteiger charge is 2.48. The minimum Gasteiger partial charge on any atom is -0.377 e. The van der Waals surface area contributed by atoms with Gasteiger partial charge >= 0.3 is 0 Å². The van der Waals surface area contributed by atoms with E-state index in [2.05, 4.69) is 46.1 Å². The fraction of sp³-hybridized carbons (Fsp3) is 0.500. The SMILES string of the molecule is CCc1ccc(CN2CC3(COC(Cc4cncnc4)C3)C2)cc1. The van der Waals surface area contributed by atoms with E-state index in [0.29, 0.717) is 11.5 Å². The van der Waals surface area contributed by atoms with E-state index in [1.54, 1.807) is 6.33 Å². The van der Waals surface area contributed by atoms with Crippen LogP contribution >= 0.6 is 0 Å². The average molecular weight is 323 g/mol. The number of hydrogen-bond donors (Lipinski definition) is 0. The first-order valence-corrected chi connectivity index (χ1v) is 8.90. The van der Waals surface area contributed by atoms with Crippen molar-refractivity contribution in [1.29, 1.82) is 0 Å². The predicted octanol–water partition coefficient (Wildman–Crippen LogP) is 2.87. The number of nitrogens with zero attached hydrogens (tertiary/aromatic N) is 3. The Morgan fingerprint density at radius 1 is 1.08 bits per heavy atom. The Bertz CT molecular complexity index is 665. The van der Waals surface area contributed by atoms with Crippen molar-refractivity contribution in [3.8, 4) is 0 Å². The molecule has 4 heteroatoms. The summed E-state index contributed by atoms with van der Waals surface area (Å²) in [6.45, 7) is 6.47. The second kappa shape index (κ2) is 6.61. The van der Waals surface area contributed by atoms with Gasteiger partial charge in [0.05, 0.1) is 12.7 Å². The number of aryl methyl sites for hydroxylation is 1. The van der Waals surface area contributed by atoms with Gasteiger partial charge in [-0.25, -0.2) is 9.97 Å². The first kappa shape index (κ1) is 15.7. The number of ether oxygens (including phenoxy) is 1. The summed E-state index contributed by atoms with van der Waals surface area (Å²) < 4.78 is 6.06. The molecule has 2 aliphatic rings. The van der Waals surface area contributed by atoms with E-state index in [0.717, 1.165) is 45.5 Å². The van der Waals surface area contributed by atoms with Crippen LogP contribution in [0.15, 0.2) is 43.0 Å². The Kier molecular flexibility index (Phi) is 4.33. The van der Waals surface area contributed by atoms with Gasteiger partial charge in [0, 0.05) is 43.9 Å². The van der Waals surface area contributed by atoms with Crippen LogP contribution < -0.4 is 0 Å². The minimum atomic E-state index is 0.321. The van der Waals surface area contributed by atoms with Gasteiger partial charge in [0.15, 0.2) is 0 Å². The molecule has 1 aromatic heterocycles. The van der Waals surface area contributed by atoms with Gasteiger partial charge in [0.25, 0.3) is 0 Å². The van der Waals surface area contributed by atoms with Crippen LogP contribution in [0.25, 0.3) is 0 Å². The minimum absolute atomic E-state index is 0.321. The van der Waals surface area contributed by atoms with E-state index in [1.165, 1.54) is 16.7 Å². The van der Waals surface area contributed by atoms with Crippen LogP contribution in [0.4, 0.5) is 0 Å². The lowest BCUT2D eigenvalue weighted by molar-refractivity contribution is -0.0140. The predicted molar refractivity (Wildman–Crippen MR) is 93.6 cm³/mol. The van der Waals surface area contributed by atoms with Crippen molar-refractivity contribution < 1.29 is 4.74 Å². The molecule has 1 aromatic carbocycles. The molecule has 24 heavy (non-hydrogen) atoms. The lowest BCUT2D eigenvalue weighted by Gasteiger charge is -2.47. The number of benzene rings is 1. The fourth-order valence-electron chi connectivity index (χ4n) is 4.10. The van der Waals surface area contributed by atoms with Gasteiger partial charge in [-0.05, 0) is 29.5 Å². The molecule has 1 unspecified atom stereocenters. The summed E-state index contributed by atoms with van der Waals surface area (Å²) in [7, 11) is 0. The first-order chi connectivity index (χ1) is 11.7. The smallest absolute Gasteiger partial charge is 0.115 e. The van der Waals surface area contributed by atoms with Crippen LogP contribution in [0.2, 0.25) is 0 Å². The highest BCUT2D eigenvalue weighted by atomic mass is 16.5. The number of hydrogen-bond acceptors (Lipinski definition) is 4. The molecular weight excluding hydrogens is 298 g/mol. The summed E-state index contributed by atoms with van der Waals surface area (Å²) in [5.41, 5.74) is 4.38. The van der Waals surface area contributed by atoms with Gasteiger partial charge in [-0.15, -0.1) is 0 Å². The van der Waals surface area contributed by atoms with Crippen LogP contribution in [0.1, 0.15) is 30.0 Å². The van der Waals surface area contributed by atoms with Crippen molar-refractivity contribution in [2.75, 3.05) is 19.7 Å². The van der Waals surface area contributed by atoms with Crippen molar-refractivity contribution in [3.05, 3.63) is 59.7 Å². The highest BCUT2D eigenvalue weighted by molar-refractivity contribution is 5.23. The molecule has 3 heterocycles. The summed E-state index contributed by atoms with van der Waals surface area (Å²) in [5, 5.41) is 0. The van der Waals surface area contributed by atoms with Crippen LogP contribution in [0.3, 0.4) is 0 Å². The lowest BCUT2D eigenvalue weighted by atomic mass is 9.77. The Balaban J connectivity index is 1.27. The molecular formula is C20H25N3O. The Morgan fingerprint density at radius 2 is 1.79 bits per heavy atom. The summed E-state index contributed by atoms with van der Waals surface area (Å²) in [4.78, 5) is 10.7. The second-order valence-corrected chi connectivity index (χ2v) is 7.40. The molecule has 2 fully saturated rings. The lowest BCUT2D eigenvalue weighted by Crippen LogP contribution is -2.56. The highest BCUT2D eigenvalue weighted by Crippen LogP contribution is 2.42. The van der Waals surface area contributed by atoms with Crippen LogP contribution in [0.5, 0.6) is 0 Å². The molecule has 0 bridgehead atoms. The van der Waals surface area contributed by atoms with E-state index in [1.807, 2.05) is 12.4 Å². The molecule has 2 aliphatic heterocycles. The van der Waals surface area contributed by atoms with E-state index in [4.69, 9.17) is 4.74 Å². The third-order valence-corrected chi connectivity index (χ3v) is 5.32. The Labute approximate surface area is 143 Å². The summed E-state index contributed by atoms with van der Waals surface area (Å²) in [5.74, 6) is 0. The Morgan fingerprint density at radius 3 is 2.50 bits per heavy atom. The number of rotatable bonds is 5. The largest absolute Gasteiger partial charge is 0.377 e. The average Bonchev–Trinajstić information content (AvgIpc) is 3.00. The molecule has 4 rings (SSSR count). The first-order valence-electron chi connectivity index (χ1n) is 8.90. The third-order valence-electron chi connectivity index (χ3n) is 5.32. The zero-order chi connectivity index (χ0) is 16.4. The maximum absolute atomic E-state index is 6.06. The van der Waals surface area contributed by atoms with Crippen molar-refractivity contribution in [2.45, 2.75) is 38.8 Å². The topological polar surface area (TPSA) is 38.2 Å². The summed E-state index contributed by atoms with van der Waals surface area (Å²) >= 11 is 0. The number of aromatic nitrogens is 2. The monoisotopic (exact) mass is 323 g/mol. The van der Waals surface area contributed by atoms with Crippen molar-refractivity contribution in [2.24, 2.45) is 5.41 Å². The normalized spacial score (nSPS) is 22.6. The van der Waals surface area contributed by atoms with E-state index in [-0.39, 0.29) is 0 Å². The standard InChI is InChI=1S/C20H25N3O/c1-2-16-3-5-17(6-4-16)11-23-12-20(13-23)8-19(24-14-20)7-18-9-21-15-22-10-18/h3-6,9-10,15,19H,2,7-8,11-14H2,1H3. The maximum atomic E-state index is 6.06. The van der Waals surface area contributed by atoms with E-state index < -0.39 is 0 Å². The van der Waals surface area contributed by atoms with Gasteiger partial charge in [0.2, 0.25) is 0 Å². The van der Waals surface area contributed by atoms with Crippen LogP contribution in [-0.2, 0) is 24.1 Å². The molecule has 126 valence electrons. The zero-order valence-corrected chi connectivity index (χ0v) is 14.3. The molecule has 4 nitrogen and oxygen atoms in total. The quantitative estimate of drug-likeness (QED) is 0.848. The van der Waals surface area contributed by atoms with Crippen LogP contribution in [-0.4, -0.2) is 40.7 Å². The third kappa shape index (κ3) is 3.35. The second-order valence-electron chi connectivity index (χ2n) is 7.40. The van der Waals surface area contributed by atoms with Crippen molar-refractivity contribution in [1.82, 2.24) is 14.9 Å². The van der Waals surface area contributed by atoms with Gasteiger partial charge in [0.1, 0.15) is 6.33 Å². The van der Waals surface area contributed by atoms with Gasteiger partial charge < -0.3 is 4.74 Å². The molecule has 0 amide bonds. The molecule has 0 aliphatic carbocycles. The van der Waals surface area contributed by atoms with Crippen molar-refractivity contribution >= 4 is 0 Å². The van der Waals surface area contributed by atoms with Gasteiger partial charge in [-0.1, -0.05) is 31.2 Å². The van der Waals surface area contributed by atoms with E-state index in [9.17, 15) is 0 Å². The molecule has 1 atom stereocenters.